The standard InChI is InChI=1S/C19H21ClN4S/c1-3-17-21-18(16-11-13(2)25-19(16)22-17)24-9-7-23(8-10-24)15-6-4-5-14(20)12-15/h4-6,11-12H,3,7-10H2,1-2H3. The SMILES string of the molecule is CCc1nc(N2CCN(c3cccc(Cl)c3)CC2)c2cc(C)sc2n1. The average Bonchev–Trinajstić information content (AvgIpc) is 3.01. The van der Waals surface area contributed by atoms with Gasteiger partial charge < -0.3 is 9.80 Å². The van der Waals surface area contributed by atoms with E-state index >= 15 is 0 Å². The molecule has 6 heteroatoms. The highest BCUT2D eigenvalue weighted by Gasteiger charge is 2.22. The second-order valence-corrected chi connectivity index (χ2v) is 8.02. The number of hydrogen-bond donors (Lipinski definition) is 0. The van der Waals surface area contributed by atoms with Crippen molar-refractivity contribution in [3.05, 3.63) is 46.1 Å². The van der Waals surface area contributed by atoms with E-state index in [4.69, 9.17) is 21.6 Å². The summed E-state index contributed by atoms with van der Waals surface area (Å²) in [4.78, 5) is 16.7. The summed E-state index contributed by atoms with van der Waals surface area (Å²) in [6.45, 7) is 8.10. The molecule has 0 saturated carbocycles. The van der Waals surface area contributed by atoms with Crippen LogP contribution in [-0.2, 0) is 6.42 Å². The molecule has 0 atom stereocenters. The van der Waals surface area contributed by atoms with Crippen molar-refractivity contribution in [2.45, 2.75) is 20.3 Å². The second kappa shape index (κ2) is 6.81. The fraction of sp³-hybridized carbons (Fsp3) is 0.368. The number of aryl methyl sites for hydroxylation is 2. The van der Waals surface area contributed by atoms with Crippen LogP contribution in [0.3, 0.4) is 0 Å². The molecule has 1 saturated heterocycles. The van der Waals surface area contributed by atoms with Crippen molar-refractivity contribution in [1.82, 2.24) is 9.97 Å². The number of aromatic nitrogens is 2. The molecular weight excluding hydrogens is 352 g/mol. The normalized spacial score (nSPS) is 15.2. The monoisotopic (exact) mass is 372 g/mol. The topological polar surface area (TPSA) is 32.3 Å². The first-order chi connectivity index (χ1) is 12.1. The summed E-state index contributed by atoms with van der Waals surface area (Å²) in [6, 6.07) is 10.3. The van der Waals surface area contributed by atoms with E-state index in [-0.39, 0.29) is 0 Å². The Kier molecular flexibility index (Phi) is 4.52. The minimum atomic E-state index is 0.791. The lowest BCUT2D eigenvalue weighted by atomic mass is 10.2. The van der Waals surface area contributed by atoms with Crippen LogP contribution in [0, 0.1) is 6.92 Å². The van der Waals surface area contributed by atoms with Crippen molar-refractivity contribution in [2.75, 3.05) is 36.0 Å². The van der Waals surface area contributed by atoms with E-state index in [1.807, 2.05) is 18.2 Å². The fourth-order valence-electron chi connectivity index (χ4n) is 3.32. The molecule has 1 aromatic carbocycles. The van der Waals surface area contributed by atoms with Gasteiger partial charge >= 0.3 is 0 Å². The van der Waals surface area contributed by atoms with Gasteiger partial charge in [-0.25, -0.2) is 9.97 Å². The molecule has 0 amide bonds. The Bertz CT molecular complexity index is 900. The zero-order chi connectivity index (χ0) is 17.4. The molecule has 3 aromatic rings. The van der Waals surface area contributed by atoms with E-state index in [2.05, 4.69) is 35.8 Å². The molecular formula is C19H21ClN4S. The second-order valence-electron chi connectivity index (χ2n) is 6.35. The highest BCUT2D eigenvalue weighted by atomic mass is 35.5. The third-order valence-electron chi connectivity index (χ3n) is 4.61. The van der Waals surface area contributed by atoms with Crippen LogP contribution < -0.4 is 9.80 Å². The summed E-state index contributed by atoms with van der Waals surface area (Å²) < 4.78 is 0. The first-order valence-corrected chi connectivity index (χ1v) is 9.86. The maximum atomic E-state index is 6.14. The number of piperazine rings is 1. The third kappa shape index (κ3) is 3.31. The van der Waals surface area contributed by atoms with Gasteiger partial charge in [0.05, 0.1) is 5.39 Å². The van der Waals surface area contributed by atoms with Gasteiger partial charge in [0.2, 0.25) is 0 Å². The summed E-state index contributed by atoms with van der Waals surface area (Å²) in [7, 11) is 0. The Morgan fingerprint density at radius 1 is 1.08 bits per heavy atom. The summed E-state index contributed by atoms with van der Waals surface area (Å²) in [5, 5.41) is 1.98. The third-order valence-corrected chi connectivity index (χ3v) is 5.79. The Hall–Kier alpha value is -1.85. The number of fused-ring (bicyclic) bond motifs is 1. The van der Waals surface area contributed by atoms with Gasteiger partial charge in [-0.3, -0.25) is 0 Å². The first-order valence-electron chi connectivity index (χ1n) is 8.66. The van der Waals surface area contributed by atoms with E-state index in [0.717, 1.165) is 54.1 Å². The van der Waals surface area contributed by atoms with Gasteiger partial charge in [-0.15, -0.1) is 11.3 Å². The Morgan fingerprint density at radius 3 is 2.56 bits per heavy atom. The molecule has 4 nitrogen and oxygen atoms in total. The van der Waals surface area contributed by atoms with Gasteiger partial charge in [0.1, 0.15) is 16.5 Å². The molecule has 4 rings (SSSR count). The van der Waals surface area contributed by atoms with Crippen molar-refractivity contribution in [3.63, 3.8) is 0 Å². The van der Waals surface area contributed by atoms with E-state index in [1.165, 1.54) is 16.0 Å². The van der Waals surface area contributed by atoms with Crippen LogP contribution in [0.1, 0.15) is 17.6 Å². The van der Waals surface area contributed by atoms with Crippen LogP contribution in [0.15, 0.2) is 30.3 Å². The molecule has 1 aliphatic rings. The average molecular weight is 373 g/mol. The van der Waals surface area contributed by atoms with Crippen LogP contribution in [0.5, 0.6) is 0 Å². The zero-order valence-electron chi connectivity index (χ0n) is 14.5. The van der Waals surface area contributed by atoms with E-state index in [9.17, 15) is 0 Å². The maximum absolute atomic E-state index is 6.14. The molecule has 0 N–H and O–H groups in total. The first kappa shape index (κ1) is 16.6. The van der Waals surface area contributed by atoms with Crippen molar-refractivity contribution in [1.29, 1.82) is 0 Å². The van der Waals surface area contributed by atoms with Crippen LogP contribution in [0.4, 0.5) is 11.5 Å². The molecule has 1 fully saturated rings. The van der Waals surface area contributed by atoms with Gasteiger partial charge in [0, 0.05) is 48.2 Å². The summed E-state index contributed by atoms with van der Waals surface area (Å²) >= 11 is 7.89. The van der Waals surface area contributed by atoms with Gasteiger partial charge in [0.15, 0.2) is 0 Å². The van der Waals surface area contributed by atoms with Crippen LogP contribution in [0.25, 0.3) is 10.2 Å². The van der Waals surface area contributed by atoms with Crippen molar-refractivity contribution in [2.24, 2.45) is 0 Å². The lowest BCUT2D eigenvalue weighted by Gasteiger charge is -2.37. The number of halogens is 1. The molecule has 0 unspecified atom stereocenters. The van der Waals surface area contributed by atoms with E-state index < -0.39 is 0 Å². The highest BCUT2D eigenvalue weighted by molar-refractivity contribution is 7.18. The zero-order valence-corrected chi connectivity index (χ0v) is 16.1. The summed E-state index contributed by atoms with van der Waals surface area (Å²) in [6.07, 6.45) is 0.863. The van der Waals surface area contributed by atoms with Crippen molar-refractivity contribution in [3.8, 4) is 0 Å². The lowest BCUT2D eigenvalue weighted by Crippen LogP contribution is -2.47. The molecule has 0 bridgehead atoms. The number of rotatable bonds is 3. The number of benzene rings is 1. The van der Waals surface area contributed by atoms with Gasteiger partial charge in [-0.1, -0.05) is 24.6 Å². The van der Waals surface area contributed by atoms with E-state index in [0.29, 0.717) is 0 Å². The molecule has 2 aromatic heterocycles. The Morgan fingerprint density at radius 2 is 1.84 bits per heavy atom. The molecule has 130 valence electrons. The number of nitrogens with zero attached hydrogens (tertiary/aromatic N) is 4. The quantitative estimate of drug-likeness (QED) is 0.675. The molecule has 25 heavy (non-hydrogen) atoms. The highest BCUT2D eigenvalue weighted by Crippen LogP contribution is 2.32. The predicted molar refractivity (Wildman–Crippen MR) is 107 cm³/mol. The minimum Gasteiger partial charge on any atom is -0.368 e. The van der Waals surface area contributed by atoms with Crippen molar-refractivity contribution >= 4 is 44.7 Å². The minimum absolute atomic E-state index is 0.791. The Balaban J connectivity index is 1.59. The van der Waals surface area contributed by atoms with Crippen LogP contribution in [-0.4, -0.2) is 36.1 Å². The van der Waals surface area contributed by atoms with Gasteiger partial charge in [-0.05, 0) is 31.2 Å². The number of hydrogen-bond acceptors (Lipinski definition) is 5. The summed E-state index contributed by atoms with van der Waals surface area (Å²) in [5.41, 5.74) is 1.20. The molecule has 0 aliphatic carbocycles. The summed E-state index contributed by atoms with van der Waals surface area (Å²) in [5.74, 6) is 2.03. The smallest absolute Gasteiger partial charge is 0.141 e. The van der Waals surface area contributed by atoms with Crippen LogP contribution >= 0.6 is 22.9 Å². The predicted octanol–water partition coefficient (Wildman–Crippen LogP) is 4.54. The largest absolute Gasteiger partial charge is 0.368 e. The Labute approximate surface area is 157 Å². The number of anilines is 2. The molecule has 0 radical (unpaired) electrons. The molecule has 1 aliphatic heterocycles. The van der Waals surface area contributed by atoms with Gasteiger partial charge in [-0.2, -0.15) is 0 Å². The van der Waals surface area contributed by atoms with Gasteiger partial charge in [0.25, 0.3) is 0 Å². The lowest BCUT2D eigenvalue weighted by molar-refractivity contribution is 0.647. The van der Waals surface area contributed by atoms with Crippen molar-refractivity contribution < 1.29 is 0 Å². The number of thiophene rings is 1. The molecule has 3 heterocycles. The maximum Gasteiger partial charge on any atom is 0.141 e. The van der Waals surface area contributed by atoms with E-state index in [1.54, 1.807) is 11.3 Å². The van der Waals surface area contributed by atoms with Crippen LogP contribution in [0.2, 0.25) is 5.02 Å². The fourth-order valence-corrected chi connectivity index (χ4v) is 4.40. The molecule has 0 spiro atoms.